The van der Waals surface area contributed by atoms with Gasteiger partial charge in [-0.05, 0) is 13.0 Å². The van der Waals surface area contributed by atoms with Crippen LogP contribution in [0.5, 0.6) is 0 Å². The molecule has 5 heteroatoms. The Bertz CT molecular complexity index is 604. The number of hydrogen-bond acceptors (Lipinski definition) is 3. The third-order valence-electron chi connectivity index (χ3n) is 3.10. The summed E-state index contributed by atoms with van der Waals surface area (Å²) in [5, 5.41) is 6.32. The Morgan fingerprint density at radius 1 is 1.32 bits per heavy atom. The van der Waals surface area contributed by atoms with Crippen molar-refractivity contribution < 1.29 is 9.59 Å². The third-order valence-corrected chi connectivity index (χ3v) is 3.10. The standard InChI is InChI=1S/C14H17N3O2/c1-9(16-8-13(18)15-2)14(19)11-7-17-12-6-4-3-5-10(11)12/h3-7,9,16-17H,8H2,1-2H3,(H,15,18)/t9-/m1/s1. The van der Waals surface area contributed by atoms with Gasteiger partial charge < -0.3 is 10.3 Å². The minimum atomic E-state index is -0.406. The lowest BCUT2D eigenvalue weighted by Crippen LogP contribution is -2.40. The molecule has 5 nitrogen and oxygen atoms in total. The highest BCUT2D eigenvalue weighted by Crippen LogP contribution is 2.18. The summed E-state index contributed by atoms with van der Waals surface area (Å²) in [4.78, 5) is 26.5. The van der Waals surface area contributed by atoms with Crippen molar-refractivity contribution in [3.63, 3.8) is 0 Å². The van der Waals surface area contributed by atoms with Crippen molar-refractivity contribution >= 4 is 22.6 Å². The lowest BCUT2D eigenvalue weighted by Gasteiger charge is -2.11. The topological polar surface area (TPSA) is 74.0 Å². The second kappa shape index (κ2) is 5.67. The van der Waals surface area contributed by atoms with E-state index >= 15 is 0 Å². The number of H-pyrrole nitrogens is 1. The first kappa shape index (κ1) is 13.3. The number of rotatable bonds is 5. The normalized spacial score (nSPS) is 12.3. The molecular weight excluding hydrogens is 242 g/mol. The number of aromatic amines is 1. The molecule has 1 amide bonds. The molecule has 100 valence electrons. The van der Waals surface area contributed by atoms with Crippen LogP contribution in [-0.4, -0.2) is 36.3 Å². The highest BCUT2D eigenvalue weighted by Gasteiger charge is 2.18. The molecule has 0 saturated heterocycles. The van der Waals surface area contributed by atoms with Crippen LogP contribution in [0.2, 0.25) is 0 Å². The van der Waals surface area contributed by atoms with E-state index < -0.39 is 6.04 Å². The second-order valence-electron chi connectivity index (χ2n) is 4.39. The van der Waals surface area contributed by atoms with Gasteiger partial charge in [0.15, 0.2) is 5.78 Å². The van der Waals surface area contributed by atoms with Crippen LogP contribution >= 0.6 is 0 Å². The molecule has 3 N–H and O–H groups in total. The van der Waals surface area contributed by atoms with Crippen LogP contribution in [0.1, 0.15) is 17.3 Å². The summed E-state index contributed by atoms with van der Waals surface area (Å²) >= 11 is 0. The quantitative estimate of drug-likeness (QED) is 0.703. The van der Waals surface area contributed by atoms with Crippen molar-refractivity contribution in [2.24, 2.45) is 0 Å². The summed E-state index contributed by atoms with van der Waals surface area (Å²) in [6, 6.07) is 7.24. The summed E-state index contributed by atoms with van der Waals surface area (Å²) in [5.41, 5.74) is 1.58. The number of carbonyl (C=O) groups is 2. The zero-order chi connectivity index (χ0) is 13.8. The molecular formula is C14H17N3O2. The summed E-state index contributed by atoms with van der Waals surface area (Å²) in [5.74, 6) is -0.167. The van der Waals surface area contributed by atoms with Crippen LogP contribution in [0, 0.1) is 0 Å². The van der Waals surface area contributed by atoms with Crippen LogP contribution in [0.15, 0.2) is 30.5 Å². The molecule has 2 rings (SSSR count). The Balaban J connectivity index is 2.13. The van der Waals surface area contributed by atoms with Crippen molar-refractivity contribution in [3.05, 3.63) is 36.0 Å². The predicted molar refractivity (Wildman–Crippen MR) is 74.2 cm³/mol. The van der Waals surface area contributed by atoms with Crippen LogP contribution in [0.3, 0.4) is 0 Å². The van der Waals surface area contributed by atoms with Crippen molar-refractivity contribution in [1.82, 2.24) is 15.6 Å². The van der Waals surface area contributed by atoms with E-state index in [1.807, 2.05) is 24.3 Å². The highest BCUT2D eigenvalue weighted by molar-refractivity contribution is 6.10. The van der Waals surface area contributed by atoms with Crippen molar-refractivity contribution in [2.75, 3.05) is 13.6 Å². The van der Waals surface area contributed by atoms with Gasteiger partial charge >= 0.3 is 0 Å². The van der Waals surface area contributed by atoms with Gasteiger partial charge in [-0.25, -0.2) is 0 Å². The predicted octanol–water partition coefficient (Wildman–Crippen LogP) is 1.07. The largest absolute Gasteiger partial charge is 0.360 e. The van der Waals surface area contributed by atoms with Crippen LogP contribution < -0.4 is 10.6 Å². The number of ketones is 1. The first-order chi connectivity index (χ1) is 9.13. The van der Waals surface area contributed by atoms with Gasteiger partial charge in [-0.1, -0.05) is 18.2 Å². The maximum absolute atomic E-state index is 12.3. The van der Waals surface area contributed by atoms with Gasteiger partial charge in [0.25, 0.3) is 0 Å². The first-order valence-corrected chi connectivity index (χ1v) is 6.17. The van der Waals surface area contributed by atoms with Crippen molar-refractivity contribution in [1.29, 1.82) is 0 Å². The Kier molecular flexibility index (Phi) is 3.97. The Morgan fingerprint density at radius 2 is 2.05 bits per heavy atom. The number of fused-ring (bicyclic) bond motifs is 1. The molecule has 0 fully saturated rings. The monoisotopic (exact) mass is 259 g/mol. The molecule has 1 heterocycles. The molecule has 1 aromatic heterocycles. The van der Waals surface area contributed by atoms with Gasteiger partial charge in [0, 0.05) is 29.7 Å². The van der Waals surface area contributed by atoms with E-state index in [1.165, 1.54) is 0 Å². The Labute approximate surface area is 111 Å². The number of likely N-dealkylation sites (N-methyl/N-ethyl adjacent to an activating group) is 1. The molecule has 0 aliphatic heterocycles. The number of carbonyl (C=O) groups excluding carboxylic acids is 2. The maximum atomic E-state index is 12.3. The zero-order valence-electron chi connectivity index (χ0n) is 11.0. The summed E-state index contributed by atoms with van der Waals surface area (Å²) in [6.07, 6.45) is 1.71. The molecule has 0 spiro atoms. The summed E-state index contributed by atoms with van der Waals surface area (Å²) in [7, 11) is 1.57. The average Bonchev–Trinajstić information content (AvgIpc) is 2.87. The third kappa shape index (κ3) is 2.82. The fraction of sp³-hybridized carbons (Fsp3) is 0.286. The number of amides is 1. The van der Waals surface area contributed by atoms with Crippen LogP contribution in [0.25, 0.3) is 10.9 Å². The van der Waals surface area contributed by atoms with Gasteiger partial charge in [-0.3, -0.25) is 14.9 Å². The van der Waals surface area contributed by atoms with Gasteiger partial charge in [-0.2, -0.15) is 0 Å². The van der Waals surface area contributed by atoms with E-state index in [9.17, 15) is 9.59 Å². The van der Waals surface area contributed by atoms with Gasteiger partial charge in [-0.15, -0.1) is 0 Å². The Morgan fingerprint density at radius 3 is 2.79 bits per heavy atom. The summed E-state index contributed by atoms with van der Waals surface area (Å²) in [6.45, 7) is 1.89. The van der Waals surface area contributed by atoms with E-state index in [-0.39, 0.29) is 18.2 Å². The number of benzene rings is 1. The molecule has 2 aromatic rings. The van der Waals surface area contributed by atoms with E-state index in [2.05, 4.69) is 15.6 Å². The average molecular weight is 259 g/mol. The number of Topliss-reactive ketones (excluding diaryl/α,β-unsaturated/α-hetero) is 1. The van der Waals surface area contributed by atoms with Crippen LogP contribution in [0.4, 0.5) is 0 Å². The molecule has 0 saturated carbocycles. The van der Waals surface area contributed by atoms with E-state index in [0.29, 0.717) is 5.56 Å². The van der Waals surface area contributed by atoms with E-state index in [4.69, 9.17) is 0 Å². The molecule has 0 aliphatic carbocycles. The number of aromatic nitrogens is 1. The SMILES string of the molecule is CNC(=O)CN[C@H](C)C(=O)c1c[nH]c2ccccc12. The maximum Gasteiger partial charge on any atom is 0.233 e. The van der Waals surface area contributed by atoms with E-state index in [1.54, 1.807) is 20.2 Å². The highest BCUT2D eigenvalue weighted by atomic mass is 16.2. The Hall–Kier alpha value is -2.14. The minimum absolute atomic E-state index is 0.0265. The van der Waals surface area contributed by atoms with E-state index in [0.717, 1.165) is 10.9 Å². The molecule has 0 unspecified atom stereocenters. The number of hydrogen-bond donors (Lipinski definition) is 3. The van der Waals surface area contributed by atoms with Crippen molar-refractivity contribution in [2.45, 2.75) is 13.0 Å². The number of nitrogens with one attached hydrogen (secondary N) is 3. The smallest absolute Gasteiger partial charge is 0.233 e. The number of para-hydroxylation sites is 1. The van der Waals surface area contributed by atoms with Gasteiger partial charge in [0.2, 0.25) is 5.91 Å². The summed E-state index contributed by atoms with van der Waals surface area (Å²) < 4.78 is 0. The molecule has 1 aromatic carbocycles. The molecule has 0 aliphatic rings. The molecule has 0 bridgehead atoms. The zero-order valence-corrected chi connectivity index (χ0v) is 11.0. The fourth-order valence-corrected chi connectivity index (χ4v) is 1.94. The minimum Gasteiger partial charge on any atom is -0.360 e. The second-order valence-corrected chi connectivity index (χ2v) is 4.39. The lowest BCUT2D eigenvalue weighted by molar-refractivity contribution is -0.119. The van der Waals surface area contributed by atoms with Crippen LogP contribution in [-0.2, 0) is 4.79 Å². The molecule has 1 atom stereocenters. The lowest BCUT2D eigenvalue weighted by atomic mass is 10.0. The fourth-order valence-electron chi connectivity index (χ4n) is 1.94. The van der Waals surface area contributed by atoms with Gasteiger partial charge in [0.05, 0.1) is 12.6 Å². The first-order valence-electron chi connectivity index (χ1n) is 6.17. The van der Waals surface area contributed by atoms with Gasteiger partial charge in [0.1, 0.15) is 0 Å². The van der Waals surface area contributed by atoms with Crippen molar-refractivity contribution in [3.8, 4) is 0 Å². The molecule has 0 radical (unpaired) electrons. The molecule has 19 heavy (non-hydrogen) atoms.